The monoisotopic (exact) mass is 304 g/mol. The highest BCUT2D eigenvalue weighted by Crippen LogP contribution is 2.34. The topological polar surface area (TPSA) is 71.5 Å². The van der Waals surface area contributed by atoms with E-state index in [2.05, 4.69) is 10.3 Å². The van der Waals surface area contributed by atoms with Crippen LogP contribution in [0, 0.1) is 0 Å². The number of benzene rings is 1. The summed E-state index contributed by atoms with van der Waals surface area (Å²) in [4.78, 5) is 15.2. The SMILES string of the molecule is O=C(O)c1cc(Cl)nc(NC2CCOc3ccccc32)c1. The molecule has 0 saturated carbocycles. The minimum absolute atomic E-state index is 0.0163. The molecular formula is C15H13ClN2O3. The van der Waals surface area contributed by atoms with E-state index in [0.29, 0.717) is 12.4 Å². The van der Waals surface area contributed by atoms with Gasteiger partial charge in [-0.1, -0.05) is 29.8 Å². The van der Waals surface area contributed by atoms with E-state index in [-0.39, 0.29) is 16.8 Å². The van der Waals surface area contributed by atoms with Gasteiger partial charge < -0.3 is 15.2 Å². The normalized spacial score (nSPS) is 16.7. The van der Waals surface area contributed by atoms with E-state index in [1.54, 1.807) is 0 Å². The summed E-state index contributed by atoms with van der Waals surface area (Å²) in [7, 11) is 0. The summed E-state index contributed by atoms with van der Waals surface area (Å²) in [6, 6.07) is 10.6. The zero-order valence-corrected chi connectivity index (χ0v) is 11.8. The third kappa shape index (κ3) is 2.92. The number of nitrogens with zero attached hydrogens (tertiary/aromatic N) is 1. The van der Waals surface area contributed by atoms with Crippen LogP contribution in [-0.2, 0) is 0 Å². The highest BCUT2D eigenvalue weighted by atomic mass is 35.5. The van der Waals surface area contributed by atoms with E-state index < -0.39 is 5.97 Å². The molecule has 0 aliphatic carbocycles. The Balaban J connectivity index is 1.90. The van der Waals surface area contributed by atoms with Gasteiger partial charge in [-0.05, 0) is 18.2 Å². The minimum Gasteiger partial charge on any atom is -0.493 e. The second-order valence-electron chi connectivity index (χ2n) is 4.74. The van der Waals surface area contributed by atoms with Gasteiger partial charge in [-0.25, -0.2) is 9.78 Å². The van der Waals surface area contributed by atoms with Crippen LogP contribution in [0.15, 0.2) is 36.4 Å². The lowest BCUT2D eigenvalue weighted by molar-refractivity contribution is 0.0697. The first-order valence-electron chi connectivity index (χ1n) is 6.52. The zero-order valence-electron chi connectivity index (χ0n) is 11.0. The van der Waals surface area contributed by atoms with Crippen LogP contribution in [0.25, 0.3) is 0 Å². The lowest BCUT2D eigenvalue weighted by atomic mass is 10.0. The van der Waals surface area contributed by atoms with Crippen LogP contribution < -0.4 is 10.1 Å². The summed E-state index contributed by atoms with van der Waals surface area (Å²) >= 11 is 5.87. The molecule has 2 heterocycles. The number of aromatic nitrogens is 1. The van der Waals surface area contributed by atoms with Crippen molar-refractivity contribution in [3.05, 3.63) is 52.7 Å². The van der Waals surface area contributed by atoms with Crippen molar-refractivity contribution in [1.29, 1.82) is 0 Å². The van der Waals surface area contributed by atoms with E-state index in [1.165, 1.54) is 12.1 Å². The fourth-order valence-corrected chi connectivity index (χ4v) is 2.57. The number of carboxylic acid groups (broad SMARTS) is 1. The first kappa shape index (κ1) is 13.7. The quantitative estimate of drug-likeness (QED) is 0.851. The number of hydrogen-bond acceptors (Lipinski definition) is 4. The lowest BCUT2D eigenvalue weighted by Gasteiger charge is -2.27. The molecule has 0 radical (unpaired) electrons. The van der Waals surface area contributed by atoms with Gasteiger partial charge in [0.1, 0.15) is 16.7 Å². The molecule has 0 amide bonds. The summed E-state index contributed by atoms with van der Waals surface area (Å²) in [6.45, 7) is 0.598. The molecule has 1 aromatic carbocycles. The van der Waals surface area contributed by atoms with E-state index in [9.17, 15) is 4.79 Å². The Hall–Kier alpha value is -2.27. The Morgan fingerprint density at radius 1 is 1.38 bits per heavy atom. The number of carbonyl (C=O) groups is 1. The van der Waals surface area contributed by atoms with Gasteiger partial charge in [0.05, 0.1) is 18.2 Å². The number of fused-ring (bicyclic) bond motifs is 1. The molecule has 0 bridgehead atoms. The Morgan fingerprint density at radius 3 is 3.00 bits per heavy atom. The van der Waals surface area contributed by atoms with Gasteiger partial charge in [-0.3, -0.25) is 0 Å². The Bertz CT molecular complexity index is 690. The van der Waals surface area contributed by atoms with Crippen LogP contribution in [-0.4, -0.2) is 22.7 Å². The Kier molecular flexibility index (Phi) is 3.66. The number of aromatic carboxylic acids is 1. The summed E-state index contributed by atoms with van der Waals surface area (Å²) in [5.74, 6) is 0.248. The van der Waals surface area contributed by atoms with Gasteiger partial charge in [0.15, 0.2) is 0 Å². The van der Waals surface area contributed by atoms with Gasteiger partial charge in [-0.15, -0.1) is 0 Å². The molecule has 1 atom stereocenters. The number of para-hydroxylation sites is 1. The van der Waals surface area contributed by atoms with Crippen LogP contribution in [0.5, 0.6) is 5.75 Å². The molecule has 1 aromatic heterocycles. The molecule has 0 saturated heterocycles. The first-order chi connectivity index (χ1) is 10.1. The highest BCUT2D eigenvalue weighted by Gasteiger charge is 2.21. The van der Waals surface area contributed by atoms with Crippen LogP contribution in [0.2, 0.25) is 5.15 Å². The maximum atomic E-state index is 11.1. The summed E-state index contributed by atoms with van der Waals surface area (Å²) < 4.78 is 5.60. The van der Waals surface area contributed by atoms with E-state index in [1.807, 2.05) is 24.3 Å². The average molecular weight is 305 g/mol. The molecule has 0 spiro atoms. The smallest absolute Gasteiger partial charge is 0.335 e. The number of hydrogen-bond donors (Lipinski definition) is 2. The lowest BCUT2D eigenvalue weighted by Crippen LogP contribution is -2.21. The second kappa shape index (κ2) is 5.61. The van der Waals surface area contributed by atoms with Gasteiger partial charge in [0, 0.05) is 12.0 Å². The van der Waals surface area contributed by atoms with Crippen molar-refractivity contribution in [2.24, 2.45) is 0 Å². The molecular weight excluding hydrogens is 292 g/mol. The summed E-state index contributed by atoms with van der Waals surface area (Å²) in [5, 5.41) is 12.4. The van der Waals surface area contributed by atoms with Crippen molar-refractivity contribution in [2.45, 2.75) is 12.5 Å². The molecule has 21 heavy (non-hydrogen) atoms. The standard InChI is InChI=1S/C15H13ClN2O3/c16-13-7-9(15(19)20)8-14(18-13)17-11-5-6-21-12-4-2-1-3-10(11)12/h1-4,7-8,11H,5-6H2,(H,17,18)(H,19,20). The molecule has 1 aliphatic heterocycles. The van der Waals surface area contributed by atoms with Crippen molar-refractivity contribution in [3.63, 3.8) is 0 Å². The maximum Gasteiger partial charge on any atom is 0.335 e. The van der Waals surface area contributed by atoms with Gasteiger partial charge in [0.2, 0.25) is 0 Å². The molecule has 1 aliphatic rings. The first-order valence-corrected chi connectivity index (χ1v) is 6.90. The van der Waals surface area contributed by atoms with Gasteiger partial charge in [0.25, 0.3) is 0 Å². The fourth-order valence-electron chi connectivity index (χ4n) is 2.36. The minimum atomic E-state index is -1.03. The van der Waals surface area contributed by atoms with Crippen LogP contribution in [0.4, 0.5) is 5.82 Å². The zero-order chi connectivity index (χ0) is 14.8. The van der Waals surface area contributed by atoms with Gasteiger partial charge in [-0.2, -0.15) is 0 Å². The Labute approximate surface area is 126 Å². The van der Waals surface area contributed by atoms with E-state index in [0.717, 1.165) is 17.7 Å². The highest BCUT2D eigenvalue weighted by molar-refractivity contribution is 6.29. The van der Waals surface area contributed by atoms with Crippen molar-refractivity contribution in [3.8, 4) is 5.75 Å². The molecule has 2 aromatic rings. The van der Waals surface area contributed by atoms with Crippen molar-refractivity contribution in [2.75, 3.05) is 11.9 Å². The number of carboxylic acids is 1. The predicted molar refractivity (Wildman–Crippen MR) is 79.1 cm³/mol. The number of pyridine rings is 1. The fraction of sp³-hybridized carbons (Fsp3) is 0.200. The molecule has 5 nitrogen and oxygen atoms in total. The number of anilines is 1. The number of halogens is 1. The van der Waals surface area contributed by atoms with Gasteiger partial charge >= 0.3 is 5.97 Å². The number of nitrogens with one attached hydrogen (secondary N) is 1. The van der Waals surface area contributed by atoms with Crippen molar-refractivity contribution < 1.29 is 14.6 Å². The van der Waals surface area contributed by atoms with E-state index in [4.69, 9.17) is 21.4 Å². The van der Waals surface area contributed by atoms with E-state index >= 15 is 0 Å². The number of rotatable bonds is 3. The Morgan fingerprint density at radius 2 is 2.19 bits per heavy atom. The summed E-state index contributed by atoms with van der Waals surface area (Å²) in [5.41, 5.74) is 1.14. The predicted octanol–water partition coefficient (Wildman–Crippen LogP) is 3.37. The van der Waals surface area contributed by atoms with Crippen LogP contribution in [0.1, 0.15) is 28.4 Å². The van der Waals surface area contributed by atoms with Crippen LogP contribution >= 0.6 is 11.6 Å². The molecule has 6 heteroatoms. The second-order valence-corrected chi connectivity index (χ2v) is 5.13. The maximum absolute atomic E-state index is 11.1. The summed E-state index contributed by atoms with van der Waals surface area (Å²) in [6.07, 6.45) is 0.771. The molecule has 108 valence electrons. The molecule has 0 fully saturated rings. The average Bonchev–Trinajstić information content (AvgIpc) is 2.47. The third-order valence-corrected chi connectivity index (χ3v) is 3.52. The van der Waals surface area contributed by atoms with Crippen LogP contribution in [0.3, 0.4) is 0 Å². The largest absolute Gasteiger partial charge is 0.493 e. The molecule has 2 N–H and O–H groups in total. The molecule has 3 rings (SSSR count). The van der Waals surface area contributed by atoms with Crippen molar-refractivity contribution in [1.82, 2.24) is 4.98 Å². The third-order valence-electron chi connectivity index (χ3n) is 3.32. The number of ether oxygens (including phenoxy) is 1. The molecule has 1 unspecified atom stereocenters. The van der Waals surface area contributed by atoms with Crippen molar-refractivity contribution >= 4 is 23.4 Å².